The Hall–Kier alpha value is -2.93. The molecule has 1 amide bonds. The Morgan fingerprint density at radius 2 is 1.58 bits per heavy atom. The van der Waals surface area contributed by atoms with E-state index in [1.165, 1.54) is 16.0 Å². The fourth-order valence-corrected chi connectivity index (χ4v) is 5.09. The third kappa shape index (κ3) is 4.88. The lowest BCUT2D eigenvalue weighted by Gasteiger charge is -2.33. The highest BCUT2D eigenvalue weighted by molar-refractivity contribution is 7.97. The Morgan fingerprint density at radius 3 is 2.24 bits per heavy atom. The van der Waals surface area contributed by atoms with Crippen molar-refractivity contribution in [3.05, 3.63) is 83.5 Å². The summed E-state index contributed by atoms with van der Waals surface area (Å²) in [6.45, 7) is 3.04. The Kier molecular flexibility index (Phi) is 6.31. The van der Waals surface area contributed by atoms with E-state index in [0.717, 1.165) is 29.7 Å². The van der Waals surface area contributed by atoms with Crippen LogP contribution in [0.1, 0.15) is 10.5 Å². The van der Waals surface area contributed by atoms with Crippen molar-refractivity contribution in [2.45, 2.75) is 4.90 Å². The average Bonchev–Trinajstić information content (AvgIpc) is 3.28. The molecule has 5 rings (SSSR count). The van der Waals surface area contributed by atoms with E-state index in [1.807, 2.05) is 41.3 Å². The van der Waals surface area contributed by atoms with Crippen LogP contribution in [0.3, 0.4) is 0 Å². The standard InChI is InChI=1S/C26H24ClN3O2S/c1-32-22-7-2-18(3-8-22)19-4-9-23(10-5-19)33-30-14-12-29(13-15-30)26(31)25-17-20-16-21(27)6-11-24(20)28-25/h2-11,16-17,28H,12-15H2,1H3. The van der Waals surface area contributed by atoms with Crippen LogP contribution in [-0.4, -0.2) is 53.4 Å². The molecule has 2 heterocycles. The lowest BCUT2D eigenvalue weighted by Crippen LogP contribution is -2.46. The molecule has 3 aromatic carbocycles. The maximum Gasteiger partial charge on any atom is 0.270 e. The molecule has 0 spiro atoms. The Morgan fingerprint density at radius 1 is 0.909 bits per heavy atom. The number of nitrogens with zero attached hydrogens (tertiary/aromatic N) is 2. The number of piperazine rings is 1. The minimum atomic E-state index is 0.0378. The van der Waals surface area contributed by atoms with E-state index in [0.29, 0.717) is 23.8 Å². The number of carbonyl (C=O) groups excluding carboxylic acids is 1. The van der Waals surface area contributed by atoms with Gasteiger partial charge in [0.15, 0.2) is 0 Å². The third-order valence-corrected chi connectivity index (χ3v) is 7.19. The summed E-state index contributed by atoms with van der Waals surface area (Å²) in [7, 11) is 1.68. The summed E-state index contributed by atoms with van der Waals surface area (Å²) < 4.78 is 7.55. The lowest BCUT2D eigenvalue weighted by atomic mass is 10.1. The second-order valence-corrected chi connectivity index (χ2v) is 9.59. The highest BCUT2D eigenvalue weighted by atomic mass is 35.5. The second kappa shape index (κ2) is 9.51. The van der Waals surface area contributed by atoms with Gasteiger partial charge >= 0.3 is 0 Å². The summed E-state index contributed by atoms with van der Waals surface area (Å²) >= 11 is 7.81. The summed E-state index contributed by atoms with van der Waals surface area (Å²) in [5.74, 6) is 0.897. The molecule has 1 aliphatic heterocycles. The molecule has 168 valence electrons. The molecule has 1 fully saturated rings. The fraction of sp³-hybridized carbons (Fsp3) is 0.192. The number of benzene rings is 3. The Bertz CT molecular complexity index is 1260. The highest BCUT2D eigenvalue weighted by Crippen LogP contribution is 2.28. The van der Waals surface area contributed by atoms with Crippen molar-refractivity contribution >= 4 is 40.4 Å². The number of halogens is 1. The van der Waals surface area contributed by atoms with Crippen molar-refractivity contribution in [1.82, 2.24) is 14.2 Å². The van der Waals surface area contributed by atoms with Gasteiger partial charge in [0.25, 0.3) is 5.91 Å². The normalized spacial score (nSPS) is 14.5. The molecule has 0 radical (unpaired) electrons. The van der Waals surface area contributed by atoms with Gasteiger partial charge in [-0.15, -0.1) is 0 Å². The number of hydrogen-bond donors (Lipinski definition) is 1. The fourth-order valence-electron chi connectivity index (χ4n) is 4.01. The van der Waals surface area contributed by atoms with Crippen LogP contribution in [0, 0.1) is 0 Å². The molecule has 7 heteroatoms. The highest BCUT2D eigenvalue weighted by Gasteiger charge is 2.24. The first kappa shape index (κ1) is 21.9. The first-order chi connectivity index (χ1) is 16.1. The molecular weight excluding hydrogens is 454 g/mol. The van der Waals surface area contributed by atoms with Crippen molar-refractivity contribution in [1.29, 1.82) is 0 Å². The SMILES string of the molecule is COc1ccc(-c2ccc(SN3CCN(C(=O)c4cc5cc(Cl)ccc5[nH]4)CC3)cc2)cc1. The van der Waals surface area contributed by atoms with Crippen LogP contribution >= 0.6 is 23.5 Å². The monoisotopic (exact) mass is 477 g/mol. The number of aromatic nitrogens is 1. The predicted octanol–water partition coefficient (Wildman–Crippen LogP) is 5.96. The van der Waals surface area contributed by atoms with Crippen LogP contribution in [-0.2, 0) is 0 Å². The third-order valence-electron chi connectivity index (χ3n) is 5.85. The van der Waals surface area contributed by atoms with E-state index in [1.54, 1.807) is 19.1 Å². The summed E-state index contributed by atoms with van der Waals surface area (Å²) in [4.78, 5) is 19.3. The zero-order valence-electron chi connectivity index (χ0n) is 18.3. The van der Waals surface area contributed by atoms with Crippen LogP contribution in [0.2, 0.25) is 5.02 Å². The van der Waals surface area contributed by atoms with E-state index in [4.69, 9.17) is 16.3 Å². The van der Waals surface area contributed by atoms with E-state index in [-0.39, 0.29) is 5.91 Å². The zero-order valence-corrected chi connectivity index (χ0v) is 19.8. The average molecular weight is 478 g/mol. The molecule has 0 saturated carbocycles. The van der Waals surface area contributed by atoms with Gasteiger partial charge in [0, 0.05) is 47.0 Å². The van der Waals surface area contributed by atoms with Crippen molar-refractivity contribution in [2.75, 3.05) is 33.3 Å². The first-order valence-corrected chi connectivity index (χ1v) is 12.0. The van der Waals surface area contributed by atoms with Crippen molar-refractivity contribution < 1.29 is 9.53 Å². The van der Waals surface area contributed by atoms with E-state index in [2.05, 4.69) is 45.7 Å². The van der Waals surface area contributed by atoms with E-state index in [9.17, 15) is 4.79 Å². The minimum absolute atomic E-state index is 0.0378. The van der Waals surface area contributed by atoms with Gasteiger partial charge in [0.05, 0.1) is 7.11 Å². The van der Waals surface area contributed by atoms with Crippen LogP contribution in [0.15, 0.2) is 77.7 Å². The zero-order chi connectivity index (χ0) is 22.8. The topological polar surface area (TPSA) is 48.6 Å². The van der Waals surface area contributed by atoms with Gasteiger partial charge < -0.3 is 14.6 Å². The van der Waals surface area contributed by atoms with Crippen LogP contribution in [0.25, 0.3) is 22.0 Å². The molecule has 1 aliphatic rings. The molecule has 0 unspecified atom stereocenters. The van der Waals surface area contributed by atoms with Crippen molar-refractivity contribution in [2.24, 2.45) is 0 Å². The maximum absolute atomic E-state index is 13.0. The predicted molar refractivity (Wildman–Crippen MR) is 135 cm³/mol. The number of methoxy groups -OCH3 is 1. The molecule has 1 N–H and O–H groups in total. The minimum Gasteiger partial charge on any atom is -0.497 e. The number of aromatic amines is 1. The van der Waals surface area contributed by atoms with Gasteiger partial charge in [0.1, 0.15) is 11.4 Å². The summed E-state index contributed by atoms with van der Waals surface area (Å²) in [6, 6.07) is 24.2. The smallest absolute Gasteiger partial charge is 0.270 e. The maximum atomic E-state index is 13.0. The van der Waals surface area contributed by atoms with Crippen molar-refractivity contribution in [3.8, 4) is 16.9 Å². The molecule has 1 aromatic heterocycles. The van der Waals surface area contributed by atoms with Gasteiger partial charge in [-0.05, 0) is 71.6 Å². The molecule has 5 nitrogen and oxygen atoms in total. The van der Waals surface area contributed by atoms with Crippen LogP contribution < -0.4 is 4.74 Å². The summed E-state index contributed by atoms with van der Waals surface area (Å²) in [5.41, 5.74) is 3.88. The summed E-state index contributed by atoms with van der Waals surface area (Å²) in [6.07, 6.45) is 0. The van der Waals surface area contributed by atoms with Crippen LogP contribution in [0.4, 0.5) is 0 Å². The molecule has 33 heavy (non-hydrogen) atoms. The number of hydrogen-bond acceptors (Lipinski definition) is 4. The number of fused-ring (bicyclic) bond motifs is 1. The number of ether oxygens (including phenoxy) is 1. The molecule has 0 bridgehead atoms. The largest absolute Gasteiger partial charge is 0.497 e. The molecular formula is C26H24ClN3O2S. The van der Waals surface area contributed by atoms with Gasteiger partial charge in [-0.25, -0.2) is 4.31 Å². The molecule has 0 atom stereocenters. The quantitative estimate of drug-likeness (QED) is 0.360. The van der Waals surface area contributed by atoms with Crippen molar-refractivity contribution in [3.63, 3.8) is 0 Å². The van der Waals surface area contributed by atoms with Gasteiger partial charge in [-0.3, -0.25) is 4.79 Å². The van der Waals surface area contributed by atoms with Gasteiger partial charge in [-0.2, -0.15) is 0 Å². The number of rotatable bonds is 5. The number of carbonyl (C=O) groups is 1. The first-order valence-electron chi connectivity index (χ1n) is 10.8. The van der Waals surface area contributed by atoms with Gasteiger partial charge in [-0.1, -0.05) is 35.9 Å². The number of H-pyrrole nitrogens is 1. The number of amides is 1. The summed E-state index contributed by atoms with van der Waals surface area (Å²) in [5, 5.41) is 1.63. The van der Waals surface area contributed by atoms with Crippen LogP contribution in [0.5, 0.6) is 5.75 Å². The molecule has 4 aromatic rings. The van der Waals surface area contributed by atoms with Gasteiger partial charge in [0.2, 0.25) is 0 Å². The molecule has 0 aliphatic carbocycles. The lowest BCUT2D eigenvalue weighted by molar-refractivity contribution is 0.0699. The Labute approximate surface area is 202 Å². The number of nitrogens with one attached hydrogen (secondary N) is 1. The van der Waals surface area contributed by atoms with E-state index < -0.39 is 0 Å². The second-order valence-electron chi connectivity index (χ2n) is 7.98. The molecule has 1 saturated heterocycles. The van der Waals surface area contributed by atoms with E-state index >= 15 is 0 Å². The Balaban J connectivity index is 1.17.